The van der Waals surface area contributed by atoms with Gasteiger partial charge in [0.25, 0.3) is 5.91 Å². The van der Waals surface area contributed by atoms with Crippen molar-refractivity contribution in [1.82, 2.24) is 10.6 Å². The topological polar surface area (TPSA) is 74.8 Å². The fraction of sp³-hybridized carbons (Fsp3) is 0.417. The van der Waals surface area contributed by atoms with Gasteiger partial charge in [0.15, 0.2) is 5.96 Å². The standard InChI is InChI=1S/C24H29ClN4O2/c1-26-23(28-16-24(10-11-24)18-6-3-7-19(25)14-18)27-15-17-5-2-8-20(13-17)29-22(30)21-9-4-12-31-21/h2-3,5-8,13-14,21H,4,9-12,15-16H2,1H3,(H,29,30)(H2,26,27,28). The van der Waals surface area contributed by atoms with Gasteiger partial charge in [0.05, 0.1) is 0 Å². The molecule has 1 heterocycles. The molecule has 3 N–H and O–H groups in total. The Hall–Kier alpha value is -2.57. The average Bonchev–Trinajstić information content (AvgIpc) is 3.36. The highest BCUT2D eigenvalue weighted by Gasteiger charge is 2.44. The van der Waals surface area contributed by atoms with Gasteiger partial charge in [0.2, 0.25) is 0 Å². The van der Waals surface area contributed by atoms with Crippen molar-refractivity contribution in [3.05, 3.63) is 64.7 Å². The Labute approximate surface area is 188 Å². The van der Waals surface area contributed by atoms with E-state index in [9.17, 15) is 4.79 Å². The number of nitrogens with one attached hydrogen (secondary N) is 3. The molecule has 1 unspecified atom stereocenters. The maximum absolute atomic E-state index is 12.3. The summed E-state index contributed by atoms with van der Waals surface area (Å²) in [5, 5.41) is 10.5. The van der Waals surface area contributed by atoms with Crippen LogP contribution in [0.5, 0.6) is 0 Å². The number of ether oxygens (including phenoxy) is 1. The van der Waals surface area contributed by atoms with Crippen LogP contribution in [0.2, 0.25) is 5.02 Å². The molecular formula is C24H29ClN4O2. The molecule has 1 amide bonds. The molecule has 7 heteroatoms. The highest BCUT2D eigenvalue weighted by atomic mass is 35.5. The van der Waals surface area contributed by atoms with Crippen LogP contribution < -0.4 is 16.0 Å². The van der Waals surface area contributed by atoms with E-state index < -0.39 is 0 Å². The number of benzene rings is 2. The summed E-state index contributed by atoms with van der Waals surface area (Å²) in [6.07, 6.45) is 3.67. The molecule has 2 aliphatic rings. The van der Waals surface area contributed by atoms with Crippen LogP contribution in [0.15, 0.2) is 53.5 Å². The zero-order chi connectivity index (χ0) is 21.7. The minimum atomic E-state index is -0.334. The Morgan fingerprint density at radius 2 is 2.03 bits per heavy atom. The van der Waals surface area contributed by atoms with Gasteiger partial charge in [-0.3, -0.25) is 9.79 Å². The van der Waals surface area contributed by atoms with Crippen molar-refractivity contribution in [2.24, 2.45) is 4.99 Å². The second kappa shape index (κ2) is 9.71. The van der Waals surface area contributed by atoms with E-state index in [1.165, 1.54) is 5.56 Å². The summed E-state index contributed by atoms with van der Waals surface area (Å²) >= 11 is 6.18. The molecule has 1 aliphatic carbocycles. The van der Waals surface area contributed by atoms with Gasteiger partial charge in [-0.25, -0.2) is 0 Å². The maximum atomic E-state index is 12.3. The number of rotatable bonds is 7. The zero-order valence-corrected chi connectivity index (χ0v) is 18.5. The first-order valence-corrected chi connectivity index (χ1v) is 11.2. The summed E-state index contributed by atoms with van der Waals surface area (Å²) in [6.45, 7) is 2.07. The molecule has 1 saturated carbocycles. The number of carbonyl (C=O) groups is 1. The van der Waals surface area contributed by atoms with Crippen LogP contribution in [0, 0.1) is 0 Å². The third kappa shape index (κ3) is 5.57. The van der Waals surface area contributed by atoms with Gasteiger partial charge in [0.1, 0.15) is 6.10 Å². The van der Waals surface area contributed by atoms with E-state index in [1.807, 2.05) is 36.4 Å². The van der Waals surface area contributed by atoms with E-state index in [2.05, 4.69) is 33.1 Å². The molecule has 1 aliphatic heterocycles. The number of amides is 1. The van der Waals surface area contributed by atoms with Crippen LogP contribution in [-0.4, -0.2) is 38.2 Å². The largest absolute Gasteiger partial charge is 0.368 e. The summed E-state index contributed by atoms with van der Waals surface area (Å²) in [7, 11) is 1.77. The van der Waals surface area contributed by atoms with Gasteiger partial charge < -0.3 is 20.7 Å². The molecule has 164 valence electrons. The lowest BCUT2D eigenvalue weighted by Crippen LogP contribution is -2.40. The lowest BCUT2D eigenvalue weighted by atomic mass is 9.96. The molecule has 1 saturated heterocycles. The summed E-state index contributed by atoms with van der Waals surface area (Å²) in [4.78, 5) is 16.6. The van der Waals surface area contributed by atoms with Gasteiger partial charge in [0, 0.05) is 42.9 Å². The van der Waals surface area contributed by atoms with Crippen molar-refractivity contribution < 1.29 is 9.53 Å². The Morgan fingerprint density at radius 1 is 1.19 bits per heavy atom. The Kier molecular flexibility index (Phi) is 6.78. The van der Waals surface area contributed by atoms with Gasteiger partial charge in [-0.1, -0.05) is 35.9 Å². The van der Waals surface area contributed by atoms with Crippen molar-refractivity contribution in [3.8, 4) is 0 Å². The first kappa shape index (κ1) is 21.7. The molecule has 31 heavy (non-hydrogen) atoms. The van der Waals surface area contributed by atoms with Crippen molar-refractivity contribution in [2.75, 3.05) is 25.5 Å². The fourth-order valence-electron chi connectivity index (χ4n) is 3.96. The summed E-state index contributed by atoms with van der Waals surface area (Å²) in [5.74, 6) is 0.679. The minimum Gasteiger partial charge on any atom is -0.368 e. The van der Waals surface area contributed by atoms with Crippen molar-refractivity contribution >= 4 is 29.2 Å². The SMILES string of the molecule is CN=C(NCc1cccc(NC(=O)C2CCCO2)c1)NCC1(c2cccc(Cl)c2)CC1. The van der Waals surface area contributed by atoms with Crippen LogP contribution in [0.3, 0.4) is 0 Å². The summed E-state index contributed by atoms with van der Waals surface area (Å²) in [6, 6.07) is 16.0. The van der Waals surface area contributed by atoms with Crippen LogP contribution in [-0.2, 0) is 21.5 Å². The zero-order valence-electron chi connectivity index (χ0n) is 17.8. The number of anilines is 1. The number of carbonyl (C=O) groups excluding carboxylic acids is 1. The predicted molar refractivity (Wildman–Crippen MR) is 125 cm³/mol. The summed E-state index contributed by atoms with van der Waals surface area (Å²) < 4.78 is 5.45. The van der Waals surface area contributed by atoms with E-state index in [0.717, 1.165) is 54.5 Å². The lowest BCUT2D eigenvalue weighted by molar-refractivity contribution is -0.124. The molecule has 0 aromatic heterocycles. The molecule has 6 nitrogen and oxygen atoms in total. The molecule has 2 fully saturated rings. The normalized spacial score (nSPS) is 19.7. The van der Waals surface area contributed by atoms with E-state index >= 15 is 0 Å². The second-order valence-electron chi connectivity index (χ2n) is 8.26. The second-order valence-corrected chi connectivity index (χ2v) is 8.70. The molecular weight excluding hydrogens is 412 g/mol. The third-order valence-electron chi connectivity index (χ3n) is 5.98. The molecule has 2 aromatic carbocycles. The van der Waals surface area contributed by atoms with Gasteiger partial charge in [-0.15, -0.1) is 0 Å². The van der Waals surface area contributed by atoms with Crippen LogP contribution in [0.4, 0.5) is 5.69 Å². The minimum absolute atomic E-state index is 0.0733. The average molecular weight is 441 g/mol. The van der Waals surface area contributed by atoms with Gasteiger partial charge >= 0.3 is 0 Å². The number of hydrogen-bond acceptors (Lipinski definition) is 3. The molecule has 0 bridgehead atoms. The van der Waals surface area contributed by atoms with Crippen molar-refractivity contribution in [3.63, 3.8) is 0 Å². The van der Waals surface area contributed by atoms with Crippen LogP contribution in [0.25, 0.3) is 0 Å². The molecule has 1 atom stereocenters. The fourth-order valence-corrected chi connectivity index (χ4v) is 4.15. The Bertz CT molecular complexity index is 952. The first-order valence-electron chi connectivity index (χ1n) is 10.8. The number of aliphatic imine (C=N–C) groups is 1. The number of hydrogen-bond donors (Lipinski definition) is 3. The quantitative estimate of drug-likeness (QED) is 0.451. The van der Waals surface area contributed by atoms with Crippen LogP contribution in [0.1, 0.15) is 36.8 Å². The molecule has 0 spiro atoms. The van der Waals surface area contributed by atoms with Gasteiger partial charge in [-0.2, -0.15) is 0 Å². The summed E-state index contributed by atoms with van der Waals surface area (Å²) in [5.41, 5.74) is 3.25. The lowest BCUT2D eigenvalue weighted by Gasteiger charge is -2.19. The number of guanidine groups is 1. The van der Waals surface area contributed by atoms with E-state index in [0.29, 0.717) is 13.2 Å². The smallest absolute Gasteiger partial charge is 0.253 e. The van der Waals surface area contributed by atoms with Crippen LogP contribution >= 0.6 is 11.6 Å². The van der Waals surface area contributed by atoms with E-state index in [1.54, 1.807) is 7.05 Å². The maximum Gasteiger partial charge on any atom is 0.253 e. The molecule has 0 radical (unpaired) electrons. The molecule has 4 rings (SSSR count). The highest BCUT2D eigenvalue weighted by molar-refractivity contribution is 6.30. The van der Waals surface area contributed by atoms with E-state index in [-0.39, 0.29) is 17.4 Å². The Morgan fingerprint density at radius 3 is 2.74 bits per heavy atom. The number of nitrogens with zero attached hydrogens (tertiary/aromatic N) is 1. The van der Waals surface area contributed by atoms with Crippen molar-refractivity contribution in [2.45, 2.75) is 43.7 Å². The van der Waals surface area contributed by atoms with Gasteiger partial charge in [-0.05, 0) is 61.1 Å². The van der Waals surface area contributed by atoms with E-state index in [4.69, 9.17) is 16.3 Å². The first-order chi connectivity index (χ1) is 15.1. The third-order valence-corrected chi connectivity index (χ3v) is 6.22. The Balaban J connectivity index is 1.29. The predicted octanol–water partition coefficient (Wildman–Crippen LogP) is 3.85. The van der Waals surface area contributed by atoms with Crippen molar-refractivity contribution in [1.29, 1.82) is 0 Å². The molecule has 2 aromatic rings. The highest BCUT2D eigenvalue weighted by Crippen LogP contribution is 2.48. The monoisotopic (exact) mass is 440 g/mol. The number of halogens is 1.